The molecule has 0 bridgehead atoms. The van der Waals surface area contributed by atoms with Crippen molar-refractivity contribution in [2.45, 2.75) is 6.92 Å². The number of aromatic hydroxyl groups is 1. The van der Waals surface area contributed by atoms with Gasteiger partial charge in [0.25, 0.3) is 5.56 Å². The zero-order valence-electron chi connectivity index (χ0n) is 13.2. The molecule has 2 heterocycles. The first-order valence-electron chi connectivity index (χ1n) is 7.65. The molecule has 0 aliphatic heterocycles. The molecular formula is C18H13BrN2O3S. The fourth-order valence-corrected chi connectivity index (χ4v) is 4.15. The summed E-state index contributed by atoms with van der Waals surface area (Å²) in [7, 11) is 0. The van der Waals surface area contributed by atoms with Crippen LogP contribution in [-0.4, -0.2) is 21.1 Å². The quantitative estimate of drug-likeness (QED) is 0.556. The fraction of sp³-hybridized carbons (Fsp3) is 0.111. The average molecular weight is 417 g/mol. The van der Waals surface area contributed by atoms with Crippen LogP contribution in [0.15, 0.2) is 45.7 Å². The van der Waals surface area contributed by atoms with Crippen LogP contribution in [0.5, 0.6) is 11.5 Å². The van der Waals surface area contributed by atoms with Crippen LogP contribution in [-0.2, 0) is 0 Å². The zero-order chi connectivity index (χ0) is 17.6. The van der Waals surface area contributed by atoms with E-state index in [9.17, 15) is 9.90 Å². The summed E-state index contributed by atoms with van der Waals surface area (Å²) >= 11 is 4.66. The van der Waals surface area contributed by atoms with Gasteiger partial charge in [-0.3, -0.25) is 4.79 Å². The van der Waals surface area contributed by atoms with Gasteiger partial charge in [-0.1, -0.05) is 23.5 Å². The van der Waals surface area contributed by atoms with Crippen LogP contribution in [0.3, 0.4) is 0 Å². The molecular weight excluding hydrogens is 404 g/mol. The molecule has 5 nitrogen and oxygen atoms in total. The largest absolute Gasteiger partial charge is 0.503 e. The Labute approximate surface area is 154 Å². The number of rotatable bonds is 3. The van der Waals surface area contributed by atoms with Crippen molar-refractivity contribution in [2.75, 3.05) is 6.61 Å². The molecule has 1 N–H and O–H groups in total. The van der Waals surface area contributed by atoms with Crippen LogP contribution < -0.4 is 14.8 Å². The molecule has 0 spiro atoms. The number of hydrogen-bond donors (Lipinski definition) is 1. The van der Waals surface area contributed by atoms with Crippen molar-refractivity contribution in [1.82, 2.24) is 9.38 Å². The number of aromatic nitrogens is 2. The Kier molecular flexibility index (Phi) is 3.97. The molecule has 2 aromatic carbocycles. The molecule has 0 amide bonds. The highest BCUT2D eigenvalue weighted by Gasteiger charge is 2.12. The lowest BCUT2D eigenvalue weighted by Crippen LogP contribution is -2.22. The summed E-state index contributed by atoms with van der Waals surface area (Å²) < 4.78 is 8.16. The topological polar surface area (TPSA) is 63.8 Å². The minimum Gasteiger partial charge on any atom is -0.503 e. The lowest BCUT2D eigenvalue weighted by atomic mass is 10.2. The maximum atomic E-state index is 12.8. The third-order valence-corrected chi connectivity index (χ3v) is 5.37. The molecule has 0 aliphatic carbocycles. The smallest absolute Gasteiger partial charge is 0.274 e. The second-order valence-corrected chi connectivity index (χ2v) is 7.28. The first-order valence-corrected chi connectivity index (χ1v) is 9.26. The van der Waals surface area contributed by atoms with Crippen molar-refractivity contribution < 1.29 is 9.84 Å². The van der Waals surface area contributed by atoms with Crippen molar-refractivity contribution in [3.63, 3.8) is 0 Å². The van der Waals surface area contributed by atoms with E-state index in [4.69, 9.17) is 4.74 Å². The fourth-order valence-electron chi connectivity index (χ4n) is 2.71. The van der Waals surface area contributed by atoms with Gasteiger partial charge in [0.15, 0.2) is 16.5 Å². The van der Waals surface area contributed by atoms with Crippen LogP contribution in [0.1, 0.15) is 12.5 Å². The molecule has 0 unspecified atom stereocenters. The summed E-state index contributed by atoms with van der Waals surface area (Å²) in [5, 5.41) is 10.0. The van der Waals surface area contributed by atoms with Gasteiger partial charge in [0.1, 0.15) is 0 Å². The van der Waals surface area contributed by atoms with E-state index in [0.717, 1.165) is 16.6 Å². The van der Waals surface area contributed by atoms with Crippen LogP contribution >= 0.6 is 27.3 Å². The number of hydrogen-bond acceptors (Lipinski definition) is 5. The van der Waals surface area contributed by atoms with Gasteiger partial charge in [-0.25, -0.2) is 9.38 Å². The summed E-state index contributed by atoms with van der Waals surface area (Å²) in [6.45, 7) is 2.29. The molecule has 126 valence electrons. The highest BCUT2D eigenvalue weighted by Crippen LogP contribution is 2.35. The molecule has 0 atom stereocenters. The molecule has 7 heteroatoms. The predicted octanol–water partition coefficient (Wildman–Crippen LogP) is 3.32. The Hall–Kier alpha value is -2.38. The molecule has 0 saturated heterocycles. The van der Waals surface area contributed by atoms with Gasteiger partial charge >= 0.3 is 0 Å². The SMILES string of the molecule is CCOc1cc(/C=c2\sc3nc4ccccc4n3c2=O)cc(Br)c1O. The number of phenols is 1. The summed E-state index contributed by atoms with van der Waals surface area (Å²) in [4.78, 5) is 18.0. The lowest BCUT2D eigenvalue weighted by Gasteiger charge is -2.08. The Morgan fingerprint density at radius 3 is 2.96 bits per heavy atom. The van der Waals surface area contributed by atoms with E-state index in [1.165, 1.54) is 11.3 Å². The number of benzene rings is 2. The van der Waals surface area contributed by atoms with E-state index in [-0.39, 0.29) is 11.3 Å². The third kappa shape index (κ3) is 2.69. The van der Waals surface area contributed by atoms with Crippen molar-refractivity contribution in [2.24, 2.45) is 0 Å². The molecule has 25 heavy (non-hydrogen) atoms. The first kappa shape index (κ1) is 16.1. The molecule has 0 fully saturated rings. The number of imidazole rings is 1. The molecule has 0 aliphatic rings. The van der Waals surface area contributed by atoms with Gasteiger partial charge in [0.05, 0.1) is 26.6 Å². The van der Waals surface area contributed by atoms with E-state index in [2.05, 4.69) is 20.9 Å². The van der Waals surface area contributed by atoms with Crippen LogP contribution in [0.25, 0.3) is 22.1 Å². The van der Waals surface area contributed by atoms with E-state index >= 15 is 0 Å². The van der Waals surface area contributed by atoms with Gasteiger partial charge in [-0.05, 0) is 58.8 Å². The standard InChI is InChI=1S/C18H13BrN2O3S/c1-2-24-14-8-10(7-11(19)16(14)22)9-15-17(23)21-13-6-4-3-5-12(13)20-18(21)25-15/h3-9,22H,2H2,1H3/b15-9-. The molecule has 4 aromatic rings. The highest BCUT2D eigenvalue weighted by atomic mass is 79.9. The van der Waals surface area contributed by atoms with Gasteiger partial charge in [-0.2, -0.15) is 0 Å². The van der Waals surface area contributed by atoms with Crippen molar-refractivity contribution in [1.29, 1.82) is 0 Å². The first-order chi connectivity index (χ1) is 12.1. The number of para-hydroxylation sites is 2. The Bertz CT molecular complexity index is 1210. The molecule has 4 rings (SSSR count). The van der Waals surface area contributed by atoms with Crippen molar-refractivity contribution >= 4 is 49.3 Å². The van der Waals surface area contributed by atoms with Crippen molar-refractivity contribution in [3.8, 4) is 11.5 Å². The minimum atomic E-state index is -0.101. The maximum Gasteiger partial charge on any atom is 0.274 e. The minimum absolute atomic E-state index is 0.0494. The maximum absolute atomic E-state index is 12.8. The number of nitrogens with zero attached hydrogens (tertiary/aromatic N) is 2. The van der Waals surface area contributed by atoms with Crippen LogP contribution in [0.2, 0.25) is 0 Å². The number of ether oxygens (including phenoxy) is 1. The lowest BCUT2D eigenvalue weighted by molar-refractivity contribution is 0.317. The number of fused-ring (bicyclic) bond motifs is 3. The second kappa shape index (κ2) is 6.16. The van der Waals surface area contributed by atoms with E-state index in [1.807, 2.05) is 31.2 Å². The summed E-state index contributed by atoms with van der Waals surface area (Å²) in [6.07, 6.45) is 1.78. The van der Waals surface area contributed by atoms with Crippen LogP contribution in [0, 0.1) is 0 Å². The summed E-state index contributed by atoms with van der Waals surface area (Å²) in [6, 6.07) is 11.0. The van der Waals surface area contributed by atoms with Crippen molar-refractivity contribution in [3.05, 3.63) is 61.3 Å². The zero-order valence-corrected chi connectivity index (χ0v) is 15.6. The molecule has 2 aromatic heterocycles. The average Bonchev–Trinajstić information content (AvgIpc) is 3.09. The third-order valence-electron chi connectivity index (χ3n) is 3.79. The number of phenolic OH excluding ortho intramolecular Hbond substituents is 1. The summed E-state index contributed by atoms with van der Waals surface area (Å²) in [5.41, 5.74) is 2.28. The Balaban J connectivity index is 1.93. The second-order valence-electron chi connectivity index (χ2n) is 5.42. The highest BCUT2D eigenvalue weighted by molar-refractivity contribution is 9.10. The van der Waals surface area contributed by atoms with E-state index in [1.54, 1.807) is 22.6 Å². The van der Waals surface area contributed by atoms with Gasteiger partial charge in [0.2, 0.25) is 0 Å². The molecule has 0 saturated carbocycles. The Morgan fingerprint density at radius 1 is 1.36 bits per heavy atom. The monoisotopic (exact) mass is 416 g/mol. The number of thiazole rings is 1. The van der Waals surface area contributed by atoms with Gasteiger partial charge < -0.3 is 9.84 Å². The van der Waals surface area contributed by atoms with E-state index in [0.29, 0.717) is 26.3 Å². The predicted molar refractivity (Wildman–Crippen MR) is 103 cm³/mol. The Morgan fingerprint density at radius 2 is 2.16 bits per heavy atom. The van der Waals surface area contributed by atoms with Gasteiger partial charge in [0, 0.05) is 0 Å². The van der Waals surface area contributed by atoms with E-state index < -0.39 is 0 Å². The molecule has 0 radical (unpaired) electrons. The normalized spacial score (nSPS) is 12.3. The van der Waals surface area contributed by atoms with Gasteiger partial charge in [-0.15, -0.1) is 0 Å². The number of halogens is 1. The van der Waals surface area contributed by atoms with Crippen LogP contribution in [0.4, 0.5) is 0 Å². The summed E-state index contributed by atoms with van der Waals surface area (Å²) in [5.74, 6) is 0.427.